The lowest BCUT2D eigenvalue weighted by molar-refractivity contribution is -0.151. The van der Waals surface area contributed by atoms with Gasteiger partial charge in [0.25, 0.3) is 0 Å². The average molecular weight is 466 g/mol. The molecule has 0 saturated heterocycles. The van der Waals surface area contributed by atoms with Crippen LogP contribution in [0.5, 0.6) is 5.75 Å². The summed E-state index contributed by atoms with van der Waals surface area (Å²) in [5, 5.41) is 0.139. The molecule has 0 aliphatic heterocycles. The van der Waals surface area contributed by atoms with Crippen molar-refractivity contribution in [1.29, 1.82) is 0 Å². The first-order valence-electron chi connectivity index (χ1n) is 8.77. The number of carbonyl (C=O) groups is 2. The van der Waals surface area contributed by atoms with E-state index in [1.165, 1.54) is 12.7 Å². The summed E-state index contributed by atoms with van der Waals surface area (Å²) in [5.41, 5.74) is 2.08. The summed E-state index contributed by atoms with van der Waals surface area (Å²) in [7, 11) is 2.95. The molecule has 0 bridgehead atoms. The maximum Gasteiger partial charge on any atom is 0.329 e. The summed E-state index contributed by atoms with van der Waals surface area (Å²) in [6, 6.07) is 16.8. The number of methoxy groups -OCH3 is 2. The third-order valence-electron chi connectivity index (χ3n) is 4.18. The van der Waals surface area contributed by atoms with Crippen molar-refractivity contribution in [2.45, 2.75) is 18.3 Å². The number of amides is 1. The Bertz CT molecular complexity index is 755. The first-order valence-corrected chi connectivity index (χ1v) is 11.0. The van der Waals surface area contributed by atoms with E-state index in [1.54, 1.807) is 23.8 Å². The molecule has 28 heavy (non-hydrogen) atoms. The van der Waals surface area contributed by atoms with Gasteiger partial charge in [-0.05, 0) is 23.3 Å². The monoisotopic (exact) mass is 465 g/mol. The topological polar surface area (TPSA) is 55.8 Å². The number of thioether (sulfide) groups is 1. The van der Waals surface area contributed by atoms with Crippen LogP contribution in [-0.2, 0) is 26.6 Å². The molecule has 0 spiro atoms. The minimum absolute atomic E-state index is 0.139. The maximum absolute atomic E-state index is 12.6. The highest BCUT2D eigenvalue weighted by atomic mass is 79.9. The molecular formula is C21H24BrNO4S. The standard InChI is InChI=1S/C21H24BrNO4S/c1-26-18-10-8-16(9-11-18)13-23(20(24)12-22)19(21(25)27-2)15-28-14-17-6-4-3-5-7-17/h3-11,19H,12-15H2,1-2H3/t19-/m0/s1. The van der Waals surface area contributed by atoms with Crippen LogP contribution in [0, 0.1) is 0 Å². The number of hydrogen-bond donors (Lipinski definition) is 0. The molecule has 5 nitrogen and oxygen atoms in total. The van der Waals surface area contributed by atoms with Crippen molar-refractivity contribution in [3.05, 3.63) is 65.7 Å². The van der Waals surface area contributed by atoms with Crippen LogP contribution in [0.1, 0.15) is 11.1 Å². The number of esters is 1. The van der Waals surface area contributed by atoms with Gasteiger partial charge in [0.05, 0.1) is 19.5 Å². The third kappa shape index (κ3) is 6.56. The molecule has 0 aromatic heterocycles. The molecule has 7 heteroatoms. The second kappa shape index (κ2) is 11.8. The molecule has 0 fully saturated rings. The Morgan fingerprint density at radius 2 is 1.71 bits per heavy atom. The second-order valence-corrected chi connectivity index (χ2v) is 7.63. The molecule has 150 valence electrons. The SMILES string of the molecule is COC(=O)[C@H](CSCc1ccccc1)N(Cc1ccc(OC)cc1)C(=O)CBr. The largest absolute Gasteiger partial charge is 0.497 e. The summed E-state index contributed by atoms with van der Waals surface area (Å²) in [6.07, 6.45) is 0. The Balaban J connectivity index is 2.13. The quantitative estimate of drug-likeness (QED) is 0.393. The smallest absolute Gasteiger partial charge is 0.329 e. The van der Waals surface area contributed by atoms with Gasteiger partial charge in [-0.3, -0.25) is 4.79 Å². The van der Waals surface area contributed by atoms with E-state index < -0.39 is 12.0 Å². The Kier molecular flexibility index (Phi) is 9.37. The van der Waals surface area contributed by atoms with Gasteiger partial charge < -0.3 is 14.4 Å². The Labute approximate surface area is 178 Å². The van der Waals surface area contributed by atoms with E-state index in [-0.39, 0.29) is 11.2 Å². The van der Waals surface area contributed by atoms with Gasteiger partial charge in [0, 0.05) is 18.1 Å². The summed E-state index contributed by atoms with van der Waals surface area (Å²) >= 11 is 4.83. The van der Waals surface area contributed by atoms with Crippen molar-refractivity contribution in [2.24, 2.45) is 0 Å². The van der Waals surface area contributed by atoms with Crippen molar-refractivity contribution >= 4 is 39.6 Å². The molecule has 0 aliphatic rings. The van der Waals surface area contributed by atoms with Crippen LogP contribution in [0.15, 0.2) is 54.6 Å². The van der Waals surface area contributed by atoms with Crippen LogP contribution in [0.4, 0.5) is 0 Å². The number of benzene rings is 2. The van der Waals surface area contributed by atoms with Crippen molar-refractivity contribution in [2.75, 3.05) is 25.3 Å². The zero-order valence-corrected chi connectivity index (χ0v) is 18.4. The minimum Gasteiger partial charge on any atom is -0.497 e. The number of alkyl halides is 1. The van der Waals surface area contributed by atoms with E-state index in [0.29, 0.717) is 12.3 Å². The van der Waals surface area contributed by atoms with E-state index in [1.807, 2.05) is 54.6 Å². The maximum atomic E-state index is 12.6. The fraction of sp³-hybridized carbons (Fsp3) is 0.333. The van der Waals surface area contributed by atoms with Gasteiger partial charge in [-0.2, -0.15) is 11.8 Å². The number of halogens is 1. The van der Waals surface area contributed by atoms with E-state index >= 15 is 0 Å². The first kappa shape index (κ1) is 22.3. The number of ether oxygens (including phenoxy) is 2. The zero-order chi connectivity index (χ0) is 20.4. The van der Waals surface area contributed by atoms with Crippen LogP contribution in [0.25, 0.3) is 0 Å². The molecule has 2 rings (SSSR count). The molecule has 2 aromatic rings. The number of rotatable bonds is 10. The highest BCUT2D eigenvalue weighted by Gasteiger charge is 2.30. The van der Waals surface area contributed by atoms with Gasteiger partial charge in [0.2, 0.25) is 5.91 Å². The Morgan fingerprint density at radius 1 is 1.04 bits per heavy atom. The molecule has 0 unspecified atom stereocenters. The van der Waals surface area contributed by atoms with Gasteiger partial charge >= 0.3 is 5.97 Å². The fourth-order valence-electron chi connectivity index (χ4n) is 2.66. The van der Waals surface area contributed by atoms with Gasteiger partial charge in [0.15, 0.2) is 0 Å². The lowest BCUT2D eigenvalue weighted by Crippen LogP contribution is -2.47. The van der Waals surface area contributed by atoms with E-state index in [4.69, 9.17) is 9.47 Å². The van der Waals surface area contributed by atoms with E-state index in [2.05, 4.69) is 15.9 Å². The molecule has 0 N–H and O–H groups in total. The van der Waals surface area contributed by atoms with Crippen molar-refractivity contribution in [3.63, 3.8) is 0 Å². The predicted octanol–water partition coefficient (Wildman–Crippen LogP) is 3.89. The third-order valence-corrected chi connectivity index (χ3v) is 5.75. The fourth-order valence-corrected chi connectivity index (χ4v) is 4.07. The predicted molar refractivity (Wildman–Crippen MR) is 116 cm³/mol. The summed E-state index contributed by atoms with van der Waals surface area (Å²) in [5.74, 6) is 1.38. The molecule has 0 radical (unpaired) electrons. The van der Waals surface area contributed by atoms with Gasteiger partial charge in [-0.15, -0.1) is 0 Å². The number of carbonyl (C=O) groups excluding carboxylic acids is 2. The lowest BCUT2D eigenvalue weighted by atomic mass is 10.1. The molecular weight excluding hydrogens is 442 g/mol. The Hall–Kier alpha value is -1.99. The number of hydrogen-bond acceptors (Lipinski definition) is 5. The van der Waals surface area contributed by atoms with Crippen LogP contribution in [0.2, 0.25) is 0 Å². The summed E-state index contributed by atoms with van der Waals surface area (Å²) in [6.45, 7) is 0.320. The first-order chi connectivity index (χ1) is 13.6. The normalized spacial score (nSPS) is 11.5. The van der Waals surface area contributed by atoms with Gasteiger partial charge in [-0.25, -0.2) is 4.79 Å². The average Bonchev–Trinajstić information content (AvgIpc) is 2.75. The number of nitrogens with zero attached hydrogens (tertiary/aromatic N) is 1. The van der Waals surface area contributed by atoms with E-state index in [0.717, 1.165) is 17.1 Å². The molecule has 1 atom stereocenters. The van der Waals surface area contributed by atoms with Crippen LogP contribution in [0.3, 0.4) is 0 Å². The van der Waals surface area contributed by atoms with E-state index in [9.17, 15) is 9.59 Å². The molecule has 1 amide bonds. The van der Waals surface area contributed by atoms with Crippen molar-refractivity contribution in [1.82, 2.24) is 4.90 Å². The highest BCUT2D eigenvalue weighted by Crippen LogP contribution is 2.20. The van der Waals surface area contributed by atoms with Crippen LogP contribution in [-0.4, -0.2) is 48.1 Å². The Morgan fingerprint density at radius 3 is 2.29 bits per heavy atom. The van der Waals surface area contributed by atoms with Gasteiger partial charge in [0.1, 0.15) is 11.8 Å². The van der Waals surface area contributed by atoms with Gasteiger partial charge in [-0.1, -0.05) is 58.4 Å². The summed E-state index contributed by atoms with van der Waals surface area (Å²) < 4.78 is 10.2. The molecule has 2 aromatic carbocycles. The second-order valence-electron chi connectivity index (χ2n) is 6.04. The lowest BCUT2D eigenvalue weighted by Gasteiger charge is -2.29. The molecule has 0 heterocycles. The minimum atomic E-state index is -0.661. The zero-order valence-electron chi connectivity index (χ0n) is 16.0. The summed E-state index contributed by atoms with van der Waals surface area (Å²) in [4.78, 5) is 26.6. The highest BCUT2D eigenvalue weighted by molar-refractivity contribution is 9.09. The van der Waals surface area contributed by atoms with Crippen molar-refractivity contribution in [3.8, 4) is 5.75 Å². The van der Waals surface area contributed by atoms with Crippen LogP contribution >= 0.6 is 27.7 Å². The molecule has 0 saturated carbocycles. The molecule has 0 aliphatic carbocycles. The van der Waals surface area contributed by atoms with Crippen LogP contribution < -0.4 is 4.74 Å². The van der Waals surface area contributed by atoms with Crippen molar-refractivity contribution < 1.29 is 19.1 Å².